The van der Waals surface area contributed by atoms with Gasteiger partial charge in [0.1, 0.15) is 22.8 Å². The first-order chi connectivity index (χ1) is 10.2. The fourth-order valence-electron chi connectivity index (χ4n) is 2.19. The summed E-state index contributed by atoms with van der Waals surface area (Å²) in [5, 5.41) is 23.4. The smallest absolute Gasteiger partial charge is 0.145 e. The number of phenols is 2. The second-order valence-corrected chi connectivity index (χ2v) is 4.58. The summed E-state index contributed by atoms with van der Waals surface area (Å²) in [7, 11) is 1.61. The quantitative estimate of drug-likeness (QED) is 0.684. The third kappa shape index (κ3) is 2.99. The third-order valence-corrected chi connectivity index (χ3v) is 3.16. The first kappa shape index (κ1) is 15.7. The Morgan fingerprint density at radius 3 is 2.68 bits per heavy atom. The Kier molecular flexibility index (Phi) is 4.58. The van der Waals surface area contributed by atoms with Crippen molar-refractivity contribution in [2.24, 2.45) is 0 Å². The molecule has 6 heteroatoms. The minimum atomic E-state index is -0.0562. The first-order valence-corrected chi connectivity index (χ1v) is 6.39. The Morgan fingerprint density at radius 1 is 1.09 bits per heavy atom. The minimum Gasteiger partial charge on any atom is -0.508 e. The maximum Gasteiger partial charge on any atom is 0.145 e. The number of rotatable bonds is 3. The Balaban J connectivity index is 0.00000176. The monoisotopic (exact) mass is 318 g/mol. The van der Waals surface area contributed by atoms with Gasteiger partial charge in [-0.2, -0.15) is 0 Å². The highest BCUT2D eigenvalue weighted by Gasteiger charge is 2.08. The van der Waals surface area contributed by atoms with Crippen LogP contribution >= 0.6 is 12.4 Å². The summed E-state index contributed by atoms with van der Waals surface area (Å²) in [6.45, 7) is 0. The molecular weight excluding hydrogens is 304 g/mol. The van der Waals surface area contributed by atoms with Crippen molar-refractivity contribution in [3.63, 3.8) is 0 Å². The van der Waals surface area contributed by atoms with Gasteiger partial charge < -0.3 is 20.3 Å². The molecule has 0 aliphatic carbocycles. The number of hydrogen-bond donors (Lipinski definition) is 3. The van der Waals surface area contributed by atoms with Crippen LogP contribution in [0.1, 0.15) is 0 Å². The van der Waals surface area contributed by atoms with Gasteiger partial charge in [0.05, 0.1) is 7.11 Å². The largest absolute Gasteiger partial charge is 0.508 e. The van der Waals surface area contributed by atoms with Gasteiger partial charge in [0.25, 0.3) is 0 Å². The maximum absolute atomic E-state index is 9.85. The number of aromatic nitrogens is 1. The molecule has 2 aromatic carbocycles. The Labute approximate surface area is 133 Å². The van der Waals surface area contributed by atoms with Gasteiger partial charge in [-0.05, 0) is 24.3 Å². The fourth-order valence-corrected chi connectivity index (χ4v) is 2.19. The molecule has 0 saturated heterocycles. The topological polar surface area (TPSA) is 74.6 Å². The van der Waals surface area contributed by atoms with Gasteiger partial charge in [0, 0.05) is 35.1 Å². The number of anilines is 2. The zero-order valence-corrected chi connectivity index (χ0v) is 12.6. The van der Waals surface area contributed by atoms with Gasteiger partial charge in [-0.15, -0.1) is 12.4 Å². The van der Waals surface area contributed by atoms with E-state index in [-0.39, 0.29) is 23.9 Å². The summed E-state index contributed by atoms with van der Waals surface area (Å²) in [6, 6.07) is 12.1. The summed E-state index contributed by atoms with van der Waals surface area (Å²) in [6.07, 6.45) is 1.60. The van der Waals surface area contributed by atoms with E-state index in [0.29, 0.717) is 10.9 Å². The van der Waals surface area contributed by atoms with Crippen LogP contribution in [0.15, 0.2) is 48.7 Å². The van der Waals surface area contributed by atoms with Crippen molar-refractivity contribution < 1.29 is 14.9 Å². The van der Waals surface area contributed by atoms with Crippen molar-refractivity contribution in [3.05, 3.63) is 48.7 Å². The van der Waals surface area contributed by atoms with E-state index in [4.69, 9.17) is 4.74 Å². The third-order valence-electron chi connectivity index (χ3n) is 3.16. The highest BCUT2D eigenvalue weighted by molar-refractivity contribution is 5.97. The molecule has 0 bridgehead atoms. The molecule has 3 aromatic rings. The van der Waals surface area contributed by atoms with Crippen LogP contribution in [0.25, 0.3) is 10.9 Å². The highest BCUT2D eigenvalue weighted by Crippen LogP contribution is 2.34. The maximum atomic E-state index is 9.85. The predicted molar refractivity (Wildman–Crippen MR) is 88.6 cm³/mol. The van der Waals surface area contributed by atoms with Crippen molar-refractivity contribution in [3.8, 4) is 17.2 Å². The van der Waals surface area contributed by atoms with Crippen molar-refractivity contribution in [1.29, 1.82) is 0 Å². The number of phenolic OH excluding ortho intramolecular Hbond substituents is 2. The minimum absolute atomic E-state index is 0. The summed E-state index contributed by atoms with van der Waals surface area (Å²) in [4.78, 5) is 4.13. The number of fused-ring (bicyclic) bond motifs is 1. The molecular formula is C16H15ClN2O3. The molecule has 0 radical (unpaired) electrons. The number of methoxy groups -OCH3 is 1. The van der Waals surface area contributed by atoms with Crippen LogP contribution in [0, 0.1) is 0 Å². The number of aromatic hydroxyl groups is 2. The second-order valence-electron chi connectivity index (χ2n) is 4.58. The van der Waals surface area contributed by atoms with Crippen molar-refractivity contribution in [1.82, 2.24) is 4.98 Å². The number of ether oxygens (including phenoxy) is 1. The normalized spacial score (nSPS) is 10.0. The number of pyridine rings is 1. The van der Waals surface area contributed by atoms with Gasteiger partial charge in [-0.3, -0.25) is 4.98 Å². The molecule has 22 heavy (non-hydrogen) atoms. The van der Waals surface area contributed by atoms with Crippen LogP contribution in [-0.4, -0.2) is 22.3 Å². The van der Waals surface area contributed by atoms with Crippen LogP contribution in [0.5, 0.6) is 17.2 Å². The van der Waals surface area contributed by atoms with Crippen molar-refractivity contribution in [2.45, 2.75) is 0 Å². The molecule has 0 saturated carbocycles. The Bertz CT molecular complexity index is 808. The average molecular weight is 319 g/mol. The standard InChI is InChI=1S/C16H14N2O3.ClH/c1-21-12-4-2-3-10(7-12)18-14-5-6-17-16-13(14)8-11(19)9-15(16)20;/h2-9,19-20H,1H3,(H,17,18);1H. The molecule has 114 valence electrons. The zero-order chi connectivity index (χ0) is 14.8. The van der Waals surface area contributed by atoms with Gasteiger partial charge in [0.2, 0.25) is 0 Å². The second kappa shape index (κ2) is 6.41. The number of nitrogens with zero attached hydrogens (tertiary/aromatic N) is 1. The van der Waals surface area contributed by atoms with Crippen LogP contribution in [0.3, 0.4) is 0 Å². The molecule has 0 aliphatic heterocycles. The molecule has 0 amide bonds. The lowest BCUT2D eigenvalue weighted by Gasteiger charge is -2.11. The summed E-state index contributed by atoms with van der Waals surface area (Å²) < 4.78 is 5.19. The van der Waals surface area contributed by atoms with Gasteiger partial charge in [-0.25, -0.2) is 0 Å². The van der Waals surface area contributed by atoms with Crippen LogP contribution in [0.2, 0.25) is 0 Å². The zero-order valence-electron chi connectivity index (χ0n) is 11.8. The predicted octanol–water partition coefficient (Wildman–Crippen LogP) is 3.82. The fraction of sp³-hybridized carbons (Fsp3) is 0.0625. The van der Waals surface area contributed by atoms with Crippen LogP contribution in [-0.2, 0) is 0 Å². The van der Waals surface area contributed by atoms with E-state index in [1.807, 2.05) is 24.3 Å². The molecule has 5 nitrogen and oxygen atoms in total. The van der Waals surface area contributed by atoms with E-state index in [0.717, 1.165) is 17.1 Å². The summed E-state index contributed by atoms with van der Waals surface area (Å²) in [5.41, 5.74) is 2.00. The number of nitrogens with one attached hydrogen (secondary N) is 1. The summed E-state index contributed by atoms with van der Waals surface area (Å²) >= 11 is 0. The Hall–Kier alpha value is -2.66. The number of hydrogen-bond acceptors (Lipinski definition) is 5. The molecule has 0 spiro atoms. The van der Waals surface area contributed by atoms with Gasteiger partial charge >= 0.3 is 0 Å². The molecule has 3 N–H and O–H groups in total. The van der Waals surface area contributed by atoms with E-state index in [1.54, 1.807) is 25.4 Å². The first-order valence-electron chi connectivity index (χ1n) is 6.39. The molecule has 0 fully saturated rings. The molecule has 0 aliphatic rings. The average Bonchev–Trinajstić information content (AvgIpc) is 2.48. The molecule has 1 heterocycles. The van der Waals surface area contributed by atoms with E-state index >= 15 is 0 Å². The van der Waals surface area contributed by atoms with Gasteiger partial charge in [-0.1, -0.05) is 6.07 Å². The lowest BCUT2D eigenvalue weighted by molar-refractivity contribution is 0.415. The lowest BCUT2D eigenvalue weighted by Crippen LogP contribution is -1.93. The van der Waals surface area contributed by atoms with Gasteiger partial charge in [0.15, 0.2) is 0 Å². The van der Waals surface area contributed by atoms with E-state index in [9.17, 15) is 10.2 Å². The number of benzene rings is 2. The lowest BCUT2D eigenvalue weighted by atomic mass is 10.1. The Morgan fingerprint density at radius 2 is 1.91 bits per heavy atom. The van der Waals surface area contributed by atoms with Crippen LogP contribution in [0.4, 0.5) is 11.4 Å². The van der Waals surface area contributed by atoms with Crippen molar-refractivity contribution in [2.75, 3.05) is 12.4 Å². The molecule has 3 rings (SSSR count). The van der Waals surface area contributed by atoms with E-state index < -0.39 is 0 Å². The SMILES string of the molecule is COc1cccc(Nc2ccnc3c(O)cc(O)cc23)c1.Cl. The molecule has 1 aromatic heterocycles. The number of halogens is 1. The summed E-state index contributed by atoms with van der Waals surface area (Å²) in [5.74, 6) is 0.671. The molecule has 0 unspecified atom stereocenters. The molecule has 0 atom stereocenters. The van der Waals surface area contributed by atoms with Crippen LogP contribution < -0.4 is 10.1 Å². The van der Waals surface area contributed by atoms with Crippen molar-refractivity contribution >= 4 is 34.7 Å². The highest BCUT2D eigenvalue weighted by atomic mass is 35.5. The van der Waals surface area contributed by atoms with E-state index in [2.05, 4.69) is 10.3 Å². The van der Waals surface area contributed by atoms with E-state index in [1.165, 1.54) is 6.07 Å².